The molecule has 9 heteroatoms. The quantitative estimate of drug-likeness (QED) is 0.295. The molecule has 0 atom stereocenters. The van der Waals surface area contributed by atoms with Gasteiger partial charge >= 0.3 is 0 Å². The van der Waals surface area contributed by atoms with Gasteiger partial charge in [0.25, 0.3) is 11.8 Å². The lowest BCUT2D eigenvalue weighted by atomic mass is 10.1. The van der Waals surface area contributed by atoms with Crippen LogP contribution in [0.2, 0.25) is 0 Å². The third-order valence-electron chi connectivity index (χ3n) is 5.02. The Kier molecular flexibility index (Phi) is 7.27. The van der Waals surface area contributed by atoms with E-state index in [9.17, 15) is 9.59 Å². The molecule has 0 saturated carbocycles. The molecule has 2 amide bonds. The van der Waals surface area contributed by atoms with E-state index in [0.29, 0.717) is 39.7 Å². The van der Waals surface area contributed by atoms with Crippen LogP contribution in [0.1, 0.15) is 21.5 Å². The Balaban J connectivity index is 1.54. The summed E-state index contributed by atoms with van der Waals surface area (Å²) in [7, 11) is 3.08. The molecule has 0 aliphatic carbocycles. The molecule has 3 aromatic carbocycles. The third-order valence-corrected chi connectivity index (χ3v) is 5.02. The van der Waals surface area contributed by atoms with E-state index in [-0.39, 0.29) is 12.5 Å². The highest BCUT2D eigenvalue weighted by Crippen LogP contribution is 2.33. The summed E-state index contributed by atoms with van der Waals surface area (Å²) >= 11 is 0. The molecule has 1 heterocycles. The minimum atomic E-state index is -0.608. The van der Waals surface area contributed by atoms with E-state index in [4.69, 9.17) is 18.9 Å². The minimum Gasteiger partial charge on any atom is -0.493 e. The number of benzene rings is 3. The fourth-order valence-corrected chi connectivity index (χ4v) is 3.27. The molecule has 0 unspecified atom stereocenters. The van der Waals surface area contributed by atoms with Gasteiger partial charge in [0.15, 0.2) is 23.0 Å². The number of hydrogen-bond acceptors (Lipinski definition) is 7. The predicted octanol–water partition coefficient (Wildman–Crippen LogP) is 3.35. The summed E-state index contributed by atoms with van der Waals surface area (Å²) in [6.45, 7) is 0.130. The highest BCUT2D eigenvalue weighted by atomic mass is 16.7. The number of nitrogens with zero attached hydrogens (tertiary/aromatic N) is 1. The lowest BCUT2D eigenvalue weighted by Gasteiger charge is -2.10. The Hall–Kier alpha value is -4.79. The summed E-state index contributed by atoms with van der Waals surface area (Å²) in [4.78, 5) is 25.7. The number of hydrogen-bond donors (Lipinski definition) is 2. The maximum atomic E-state index is 13.0. The summed E-state index contributed by atoms with van der Waals surface area (Å²) in [5.74, 6) is 1.23. The van der Waals surface area contributed by atoms with Gasteiger partial charge in [0, 0.05) is 5.56 Å². The normalized spacial score (nSPS) is 12.3. The molecule has 3 aromatic rings. The molecule has 35 heavy (non-hydrogen) atoms. The van der Waals surface area contributed by atoms with Crippen LogP contribution >= 0.6 is 0 Å². The van der Waals surface area contributed by atoms with Gasteiger partial charge in [0.05, 0.1) is 20.4 Å². The van der Waals surface area contributed by atoms with Gasteiger partial charge in [-0.05, 0) is 59.7 Å². The molecule has 4 rings (SSSR count). The molecule has 1 aliphatic heterocycles. The first-order valence-corrected chi connectivity index (χ1v) is 10.6. The Morgan fingerprint density at radius 1 is 0.886 bits per heavy atom. The van der Waals surface area contributed by atoms with E-state index >= 15 is 0 Å². The van der Waals surface area contributed by atoms with Crippen LogP contribution in [0, 0.1) is 0 Å². The highest BCUT2D eigenvalue weighted by Gasteiger charge is 2.17. The van der Waals surface area contributed by atoms with Crippen molar-refractivity contribution in [2.45, 2.75) is 0 Å². The largest absolute Gasteiger partial charge is 0.493 e. The van der Waals surface area contributed by atoms with E-state index in [2.05, 4.69) is 15.8 Å². The van der Waals surface area contributed by atoms with Crippen LogP contribution in [-0.2, 0) is 4.79 Å². The first-order valence-electron chi connectivity index (χ1n) is 10.6. The molecule has 0 bridgehead atoms. The monoisotopic (exact) mass is 473 g/mol. The molecule has 9 nitrogen and oxygen atoms in total. The Morgan fingerprint density at radius 3 is 2.40 bits per heavy atom. The second-order valence-corrected chi connectivity index (χ2v) is 7.30. The van der Waals surface area contributed by atoms with Crippen molar-refractivity contribution in [3.8, 4) is 23.0 Å². The van der Waals surface area contributed by atoms with Gasteiger partial charge in [0.2, 0.25) is 6.79 Å². The summed E-state index contributed by atoms with van der Waals surface area (Å²) in [6, 6.07) is 19.0. The number of rotatable bonds is 8. The van der Waals surface area contributed by atoms with Crippen molar-refractivity contribution < 1.29 is 28.5 Å². The van der Waals surface area contributed by atoms with Gasteiger partial charge < -0.3 is 24.3 Å². The second-order valence-electron chi connectivity index (χ2n) is 7.30. The zero-order valence-corrected chi connectivity index (χ0v) is 19.1. The van der Waals surface area contributed by atoms with Gasteiger partial charge in [-0.1, -0.05) is 24.3 Å². The molecular weight excluding hydrogens is 450 g/mol. The fraction of sp³-hybridized carbons (Fsp3) is 0.115. The molecule has 2 N–H and O–H groups in total. The van der Waals surface area contributed by atoms with Crippen molar-refractivity contribution in [3.63, 3.8) is 0 Å². The van der Waals surface area contributed by atoms with Crippen molar-refractivity contribution in [3.05, 3.63) is 89.1 Å². The van der Waals surface area contributed by atoms with Crippen LogP contribution in [0.3, 0.4) is 0 Å². The molecule has 0 saturated heterocycles. The Labute approximate surface area is 202 Å². The van der Waals surface area contributed by atoms with Crippen molar-refractivity contribution in [2.75, 3.05) is 21.0 Å². The Morgan fingerprint density at radius 2 is 1.63 bits per heavy atom. The van der Waals surface area contributed by atoms with Crippen LogP contribution in [0.5, 0.6) is 23.0 Å². The fourth-order valence-electron chi connectivity index (χ4n) is 3.27. The van der Waals surface area contributed by atoms with E-state index in [0.717, 1.165) is 0 Å². The second kappa shape index (κ2) is 10.9. The summed E-state index contributed by atoms with van der Waals surface area (Å²) in [5.41, 5.74) is 4.17. The average molecular weight is 473 g/mol. The first kappa shape index (κ1) is 23.4. The van der Waals surface area contributed by atoms with Crippen molar-refractivity contribution in [1.82, 2.24) is 10.7 Å². The molecule has 0 radical (unpaired) electrons. The topological polar surface area (TPSA) is 107 Å². The zero-order chi connectivity index (χ0) is 24.6. The lowest BCUT2D eigenvalue weighted by molar-refractivity contribution is -0.117. The number of nitrogens with one attached hydrogen (secondary N) is 2. The maximum Gasteiger partial charge on any atom is 0.287 e. The Bertz CT molecular complexity index is 1290. The predicted molar refractivity (Wildman–Crippen MR) is 130 cm³/mol. The molecule has 0 aromatic heterocycles. The molecule has 0 fully saturated rings. The SMILES string of the molecule is COc1ccc(C=NNC(=O)C(=Cc2ccc3c(c2)OCO3)NC(=O)c2ccccc2)cc1OC. The summed E-state index contributed by atoms with van der Waals surface area (Å²) < 4.78 is 21.2. The van der Waals surface area contributed by atoms with E-state index < -0.39 is 11.8 Å². The molecule has 1 aliphatic rings. The zero-order valence-electron chi connectivity index (χ0n) is 19.1. The van der Waals surface area contributed by atoms with Gasteiger partial charge in [-0.2, -0.15) is 5.10 Å². The van der Waals surface area contributed by atoms with Crippen molar-refractivity contribution in [2.24, 2.45) is 5.10 Å². The minimum absolute atomic E-state index is 0.00202. The summed E-state index contributed by atoms with van der Waals surface area (Å²) in [6.07, 6.45) is 2.99. The third kappa shape index (κ3) is 5.77. The van der Waals surface area contributed by atoms with Gasteiger partial charge in [0.1, 0.15) is 5.70 Å². The number of carbonyl (C=O) groups is 2. The lowest BCUT2D eigenvalue weighted by Crippen LogP contribution is -2.32. The number of carbonyl (C=O) groups excluding carboxylic acids is 2. The number of methoxy groups -OCH3 is 2. The van der Waals surface area contributed by atoms with Gasteiger partial charge in [-0.3, -0.25) is 9.59 Å². The molecular formula is C26H23N3O6. The van der Waals surface area contributed by atoms with Crippen molar-refractivity contribution in [1.29, 1.82) is 0 Å². The van der Waals surface area contributed by atoms with Crippen LogP contribution in [0.25, 0.3) is 6.08 Å². The van der Waals surface area contributed by atoms with Gasteiger partial charge in [-0.25, -0.2) is 5.43 Å². The number of hydrazone groups is 1. The van der Waals surface area contributed by atoms with E-state index in [1.165, 1.54) is 19.4 Å². The number of amides is 2. The smallest absolute Gasteiger partial charge is 0.287 e. The molecule has 0 spiro atoms. The van der Waals surface area contributed by atoms with E-state index in [1.54, 1.807) is 73.8 Å². The molecule has 178 valence electrons. The van der Waals surface area contributed by atoms with Crippen LogP contribution in [-0.4, -0.2) is 39.0 Å². The summed E-state index contributed by atoms with van der Waals surface area (Å²) in [5, 5.41) is 6.67. The van der Waals surface area contributed by atoms with Crippen LogP contribution in [0.4, 0.5) is 0 Å². The maximum absolute atomic E-state index is 13.0. The van der Waals surface area contributed by atoms with Crippen LogP contribution < -0.4 is 29.7 Å². The van der Waals surface area contributed by atoms with E-state index in [1.807, 2.05) is 0 Å². The number of fused-ring (bicyclic) bond motifs is 1. The van der Waals surface area contributed by atoms with Gasteiger partial charge in [-0.15, -0.1) is 0 Å². The van der Waals surface area contributed by atoms with Crippen LogP contribution in [0.15, 0.2) is 77.5 Å². The first-order chi connectivity index (χ1) is 17.1. The number of ether oxygens (including phenoxy) is 4. The highest BCUT2D eigenvalue weighted by molar-refractivity contribution is 6.05. The average Bonchev–Trinajstić information content (AvgIpc) is 3.36. The standard InChI is InChI=1S/C26H23N3O6/c1-32-21-10-9-18(14-23(21)33-2)15-27-29-26(31)20(28-25(30)19-6-4-3-5-7-19)12-17-8-11-22-24(13-17)35-16-34-22/h3-15H,16H2,1-2H3,(H,28,30)(H,29,31). The van der Waals surface area contributed by atoms with Crippen molar-refractivity contribution >= 4 is 24.1 Å².